The summed E-state index contributed by atoms with van der Waals surface area (Å²) in [6.45, 7) is 6.38. The first-order valence-electron chi connectivity index (χ1n) is 3.70. The quantitative estimate of drug-likeness (QED) is 0.523. The van der Waals surface area contributed by atoms with Gasteiger partial charge in [-0.2, -0.15) is 0 Å². The molecule has 0 rings (SSSR count). The second kappa shape index (κ2) is 6.13. The van der Waals surface area contributed by atoms with Crippen molar-refractivity contribution in [3.05, 3.63) is 0 Å². The number of rotatable bonds is 4. The van der Waals surface area contributed by atoms with E-state index in [-0.39, 0.29) is 0 Å². The Morgan fingerprint density at radius 3 is 1.92 bits per heavy atom. The van der Waals surface area contributed by atoms with Gasteiger partial charge in [-0.05, 0) is 0 Å². The molecular formula is C7H13Cl3S2. The van der Waals surface area contributed by atoms with Gasteiger partial charge in [-0.3, -0.25) is 0 Å². The largest absolute Gasteiger partial charge is 0.191 e. The lowest BCUT2D eigenvalue weighted by Gasteiger charge is -2.16. The molecule has 1 atom stereocenters. The van der Waals surface area contributed by atoms with Crippen LogP contribution in [-0.2, 0) is 0 Å². The SMILES string of the molecule is CC(C)SSC(C)CC(Cl)(Cl)Cl. The van der Waals surface area contributed by atoms with Gasteiger partial charge in [0.05, 0.1) is 0 Å². The minimum atomic E-state index is -1.11. The third kappa shape index (κ3) is 9.66. The van der Waals surface area contributed by atoms with E-state index in [1.165, 1.54) is 0 Å². The zero-order valence-corrected chi connectivity index (χ0v) is 11.2. The van der Waals surface area contributed by atoms with Gasteiger partial charge in [-0.25, -0.2) is 0 Å². The fourth-order valence-electron chi connectivity index (χ4n) is 0.566. The van der Waals surface area contributed by atoms with Gasteiger partial charge in [-0.15, -0.1) is 0 Å². The van der Waals surface area contributed by atoms with Crippen LogP contribution in [0.1, 0.15) is 27.2 Å². The Hall–Kier alpha value is 1.57. The van der Waals surface area contributed by atoms with Gasteiger partial charge in [0.15, 0.2) is 3.79 Å². The van der Waals surface area contributed by atoms with E-state index in [9.17, 15) is 0 Å². The third-order valence-corrected chi connectivity index (χ3v) is 4.86. The van der Waals surface area contributed by atoms with Crippen molar-refractivity contribution in [2.75, 3.05) is 0 Å². The topological polar surface area (TPSA) is 0 Å². The van der Waals surface area contributed by atoms with E-state index in [1.54, 1.807) is 10.8 Å². The molecule has 0 aliphatic heterocycles. The zero-order chi connectivity index (χ0) is 9.78. The molecule has 12 heavy (non-hydrogen) atoms. The Labute approximate surface area is 97.5 Å². The van der Waals surface area contributed by atoms with Gasteiger partial charge < -0.3 is 0 Å². The van der Waals surface area contributed by atoms with E-state index < -0.39 is 3.79 Å². The van der Waals surface area contributed by atoms with Crippen molar-refractivity contribution in [3.8, 4) is 0 Å². The summed E-state index contributed by atoms with van der Waals surface area (Å²) in [6, 6.07) is 0. The van der Waals surface area contributed by atoms with E-state index in [1.807, 2.05) is 10.8 Å². The fourth-order valence-corrected chi connectivity index (χ4v) is 3.70. The van der Waals surface area contributed by atoms with Crippen molar-refractivity contribution < 1.29 is 0 Å². The minimum absolute atomic E-state index is 0.380. The van der Waals surface area contributed by atoms with Crippen molar-refractivity contribution in [1.82, 2.24) is 0 Å². The summed E-state index contributed by atoms with van der Waals surface area (Å²) in [4.78, 5) is 0. The molecule has 0 amide bonds. The molecule has 0 bridgehead atoms. The molecule has 74 valence electrons. The second-order valence-corrected chi connectivity index (χ2v) is 8.67. The van der Waals surface area contributed by atoms with Gasteiger partial charge in [-0.1, -0.05) is 77.2 Å². The number of alkyl halides is 3. The number of hydrogen-bond acceptors (Lipinski definition) is 2. The van der Waals surface area contributed by atoms with Crippen LogP contribution < -0.4 is 0 Å². The molecule has 0 aromatic rings. The van der Waals surface area contributed by atoms with Gasteiger partial charge in [0.25, 0.3) is 0 Å². The van der Waals surface area contributed by atoms with E-state index in [4.69, 9.17) is 34.8 Å². The van der Waals surface area contributed by atoms with Crippen LogP contribution >= 0.6 is 56.4 Å². The maximum Gasteiger partial charge on any atom is 0.191 e. The summed E-state index contributed by atoms with van der Waals surface area (Å²) in [5.41, 5.74) is 0. The lowest BCUT2D eigenvalue weighted by atomic mass is 10.4. The van der Waals surface area contributed by atoms with Crippen LogP contribution in [0.4, 0.5) is 0 Å². The van der Waals surface area contributed by atoms with Crippen molar-refractivity contribution in [3.63, 3.8) is 0 Å². The molecule has 0 aromatic heterocycles. The normalized spacial score (nSPS) is 15.2. The van der Waals surface area contributed by atoms with Crippen LogP contribution in [-0.4, -0.2) is 14.3 Å². The van der Waals surface area contributed by atoms with E-state index >= 15 is 0 Å². The average molecular weight is 268 g/mol. The van der Waals surface area contributed by atoms with Crippen LogP contribution in [0.15, 0.2) is 0 Å². The highest BCUT2D eigenvalue weighted by Gasteiger charge is 2.23. The molecule has 0 saturated heterocycles. The molecule has 0 heterocycles. The molecule has 0 nitrogen and oxygen atoms in total. The Morgan fingerprint density at radius 2 is 1.58 bits per heavy atom. The van der Waals surface area contributed by atoms with E-state index in [0.29, 0.717) is 16.9 Å². The highest BCUT2D eigenvalue weighted by atomic mass is 35.6. The highest BCUT2D eigenvalue weighted by Crippen LogP contribution is 2.39. The molecule has 0 radical (unpaired) electrons. The monoisotopic (exact) mass is 266 g/mol. The summed E-state index contributed by atoms with van der Waals surface area (Å²) in [7, 11) is 3.60. The van der Waals surface area contributed by atoms with Crippen molar-refractivity contribution in [1.29, 1.82) is 0 Å². The summed E-state index contributed by atoms with van der Waals surface area (Å²) in [5.74, 6) is 0. The molecular weight excluding hydrogens is 255 g/mol. The predicted octanol–water partition coefficient (Wildman–Crippen LogP) is 4.93. The molecule has 0 spiro atoms. The fraction of sp³-hybridized carbons (Fsp3) is 1.00. The lowest BCUT2D eigenvalue weighted by molar-refractivity contribution is 0.845. The molecule has 0 N–H and O–H groups in total. The zero-order valence-electron chi connectivity index (χ0n) is 7.31. The third-order valence-electron chi connectivity index (χ3n) is 0.931. The summed E-state index contributed by atoms with van der Waals surface area (Å²) < 4.78 is -1.11. The van der Waals surface area contributed by atoms with Crippen LogP contribution in [0.3, 0.4) is 0 Å². The van der Waals surface area contributed by atoms with Gasteiger partial charge >= 0.3 is 0 Å². The maximum absolute atomic E-state index is 5.65. The molecule has 1 unspecified atom stereocenters. The first kappa shape index (κ1) is 13.6. The Morgan fingerprint density at radius 1 is 1.08 bits per heavy atom. The molecule has 0 aromatic carbocycles. The summed E-state index contributed by atoms with van der Waals surface area (Å²) >= 11 is 17.0. The molecule has 5 heteroatoms. The van der Waals surface area contributed by atoms with Crippen molar-refractivity contribution in [2.24, 2.45) is 0 Å². The van der Waals surface area contributed by atoms with Gasteiger partial charge in [0.2, 0.25) is 0 Å². The average Bonchev–Trinajstić information content (AvgIpc) is 1.79. The van der Waals surface area contributed by atoms with E-state index in [0.717, 1.165) is 0 Å². The van der Waals surface area contributed by atoms with Gasteiger partial charge in [0.1, 0.15) is 0 Å². The Balaban J connectivity index is 3.53. The molecule has 0 aliphatic carbocycles. The Kier molecular flexibility index (Phi) is 6.93. The standard InChI is InChI=1S/C7H13Cl3S2/c1-5(2)11-12-6(3)4-7(8,9)10/h5-6H,4H2,1-3H3. The summed E-state index contributed by atoms with van der Waals surface area (Å²) in [6.07, 6.45) is 0.599. The molecule has 0 aliphatic rings. The van der Waals surface area contributed by atoms with E-state index in [2.05, 4.69) is 20.8 Å². The van der Waals surface area contributed by atoms with Crippen LogP contribution in [0.2, 0.25) is 0 Å². The van der Waals surface area contributed by atoms with Crippen LogP contribution in [0.25, 0.3) is 0 Å². The van der Waals surface area contributed by atoms with Crippen LogP contribution in [0.5, 0.6) is 0 Å². The summed E-state index contributed by atoms with van der Waals surface area (Å²) in [5, 5.41) is 0.998. The first-order chi connectivity index (χ1) is 5.31. The van der Waals surface area contributed by atoms with Gasteiger partial charge in [0, 0.05) is 16.9 Å². The molecule has 0 fully saturated rings. The van der Waals surface area contributed by atoms with Crippen LogP contribution in [0, 0.1) is 0 Å². The smallest absolute Gasteiger partial charge is 0.0910 e. The maximum atomic E-state index is 5.65. The minimum Gasteiger partial charge on any atom is -0.0910 e. The number of hydrogen-bond donors (Lipinski definition) is 0. The predicted molar refractivity (Wildman–Crippen MR) is 64.7 cm³/mol. The van der Waals surface area contributed by atoms with Crippen molar-refractivity contribution in [2.45, 2.75) is 41.5 Å². The number of halogens is 3. The highest BCUT2D eigenvalue weighted by molar-refractivity contribution is 8.77. The Bertz CT molecular complexity index is 122. The second-order valence-electron chi connectivity index (χ2n) is 2.87. The lowest BCUT2D eigenvalue weighted by Crippen LogP contribution is -2.10. The molecule has 0 saturated carbocycles. The first-order valence-corrected chi connectivity index (χ1v) is 7.11. The van der Waals surface area contributed by atoms with Crippen molar-refractivity contribution >= 4 is 56.4 Å².